The van der Waals surface area contributed by atoms with Crippen molar-refractivity contribution < 1.29 is 28.7 Å². The SMILES string of the molecule is CCn1nc(C)cc1C(=O)Nc1nc2cc(C(N)=O)cnc2n1C/C=C/Cn1c2nc(-c3cc(C)nn3CC)ncc2c2cc(C(N)=O)cc(OCCCCN(C)C(=O)OC(C)(C)C)c21. The van der Waals surface area contributed by atoms with Gasteiger partial charge in [-0.05, 0) is 91.6 Å². The van der Waals surface area contributed by atoms with Crippen molar-refractivity contribution in [3.8, 4) is 17.3 Å². The molecule has 0 aliphatic heterocycles. The normalized spacial score (nSPS) is 11.9. The Labute approximate surface area is 374 Å². The number of unbranched alkanes of at least 4 members (excludes halogenated alkanes) is 1. The van der Waals surface area contributed by atoms with Gasteiger partial charge >= 0.3 is 6.09 Å². The van der Waals surface area contributed by atoms with E-state index in [1.807, 2.05) is 75.9 Å². The van der Waals surface area contributed by atoms with Crippen molar-refractivity contribution in [3.63, 3.8) is 0 Å². The van der Waals surface area contributed by atoms with Gasteiger partial charge in [-0.2, -0.15) is 10.2 Å². The van der Waals surface area contributed by atoms with Gasteiger partial charge in [0.15, 0.2) is 11.5 Å². The van der Waals surface area contributed by atoms with Crippen molar-refractivity contribution in [3.05, 3.63) is 83.1 Å². The standard InChI is InChI=1S/C45H54N14O6/c1-9-58-33(19-26(3)53-58)39-48-25-31-30-21-28(37(46)60)23-35(64-18-14-13-15-55(8)44(63)65-45(5,6)7)36(30)56(40(31)51-39)16-11-12-17-57-41-32(22-29(24-49-41)38(47)61)50-43(57)52-42(62)34-20-27(4)54-59(34)10-2/h11-12,19-25H,9-10,13-18H2,1-8H3,(H2,46,60)(H2,47,61)(H,50,52,62)/b12-11+. The Morgan fingerprint density at radius 3 is 2.18 bits per heavy atom. The number of pyridine rings is 1. The summed E-state index contributed by atoms with van der Waals surface area (Å²) in [4.78, 5) is 71.5. The largest absolute Gasteiger partial charge is 0.491 e. The number of carbonyl (C=O) groups excluding carboxylic acids is 4. The minimum atomic E-state index is -0.661. The molecule has 0 fully saturated rings. The minimum Gasteiger partial charge on any atom is -0.491 e. The van der Waals surface area contributed by atoms with Crippen LogP contribution in [0.15, 0.2) is 54.9 Å². The first kappa shape index (κ1) is 45.4. The van der Waals surface area contributed by atoms with Gasteiger partial charge in [0.25, 0.3) is 5.91 Å². The van der Waals surface area contributed by atoms with Crippen molar-refractivity contribution in [1.82, 2.24) is 53.5 Å². The summed E-state index contributed by atoms with van der Waals surface area (Å²) in [5.74, 6) is -0.619. The number of aromatic nitrogens is 10. The molecule has 340 valence electrons. The second kappa shape index (κ2) is 18.6. The van der Waals surface area contributed by atoms with E-state index in [1.54, 1.807) is 40.7 Å². The van der Waals surface area contributed by atoms with Gasteiger partial charge in [-0.3, -0.25) is 33.6 Å². The molecule has 1 aromatic carbocycles. The fourth-order valence-electron chi connectivity index (χ4n) is 7.46. The summed E-state index contributed by atoms with van der Waals surface area (Å²) in [6.07, 6.45) is 7.75. The highest BCUT2D eigenvalue weighted by atomic mass is 16.6. The molecular formula is C45H54N14O6. The van der Waals surface area contributed by atoms with E-state index in [9.17, 15) is 19.2 Å². The topological polar surface area (TPSA) is 251 Å². The Balaban J connectivity index is 1.25. The number of anilines is 1. The Bertz CT molecular complexity index is 2990. The van der Waals surface area contributed by atoms with Crippen molar-refractivity contribution in [1.29, 1.82) is 0 Å². The molecule has 20 heteroatoms. The van der Waals surface area contributed by atoms with Crippen LogP contribution in [0.25, 0.3) is 44.6 Å². The predicted molar refractivity (Wildman–Crippen MR) is 245 cm³/mol. The molecule has 0 aliphatic rings. The van der Waals surface area contributed by atoms with E-state index in [4.69, 9.17) is 30.9 Å². The molecule has 6 heterocycles. The number of amides is 4. The summed E-state index contributed by atoms with van der Waals surface area (Å²) >= 11 is 0. The van der Waals surface area contributed by atoms with Crippen LogP contribution in [-0.4, -0.2) is 103 Å². The van der Waals surface area contributed by atoms with Gasteiger partial charge in [0.2, 0.25) is 17.8 Å². The summed E-state index contributed by atoms with van der Waals surface area (Å²) in [5.41, 5.74) is 15.9. The first-order valence-electron chi connectivity index (χ1n) is 21.4. The van der Waals surface area contributed by atoms with Crippen molar-refractivity contribution in [2.75, 3.05) is 25.5 Å². The smallest absolute Gasteiger partial charge is 0.410 e. The van der Waals surface area contributed by atoms with E-state index in [2.05, 4.69) is 25.5 Å². The highest BCUT2D eigenvalue weighted by Crippen LogP contribution is 2.37. The van der Waals surface area contributed by atoms with E-state index in [0.29, 0.717) is 88.5 Å². The highest BCUT2D eigenvalue weighted by molar-refractivity contribution is 6.12. The third-order valence-electron chi connectivity index (χ3n) is 10.5. The fraction of sp³-hybridized carbons (Fsp3) is 0.378. The molecule has 0 saturated heterocycles. The molecule has 0 unspecified atom stereocenters. The zero-order valence-electron chi connectivity index (χ0n) is 37.9. The number of allylic oxidation sites excluding steroid dienone is 2. The number of carbonyl (C=O) groups is 4. The number of imidazole rings is 1. The molecular weight excluding hydrogens is 833 g/mol. The second-order valence-corrected chi connectivity index (χ2v) is 16.6. The van der Waals surface area contributed by atoms with Gasteiger partial charge in [-0.25, -0.2) is 24.7 Å². The monoisotopic (exact) mass is 886 g/mol. The minimum absolute atomic E-state index is 0.172. The van der Waals surface area contributed by atoms with E-state index in [-0.39, 0.29) is 36.8 Å². The summed E-state index contributed by atoms with van der Waals surface area (Å²) in [7, 11) is 1.69. The lowest BCUT2D eigenvalue weighted by molar-refractivity contribution is 0.0294. The predicted octanol–water partition coefficient (Wildman–Crippen LogP) is 5.78. The van der Waals surface area contributed by atoms with E-state index < -0.39 is 29.4 Å². The summed E-state index contributed by atoms with van der Waals surface area (Å²) in [6.45, 7) is 15.4. The van der Waals surface area contributed by atoms with Crippen LogP contribution in [0.3, 0.4) is 0 Å². The number of hydrogen-bond donors (Lipinski definition) is 3. The fourth-order valence-corrected chi connectivity index (χ4v) is 7.46. The van der Waals surface area contributed by atoms with Gasteiger partial charge < -0.3 is 30.4 Å². The maximum absolute atomic E-state index is 13.6. The zero-order valence-corrected chi connectivity index (χ0v) is 37.9. The molecule has 0 spiro atoms. The molecule has 0 atom stereocenters. The van der Waals surface area contributed by atoms with Crippen LogP contribution in [0, 0.1) is 13.8 Å². The highest BCUT2D eigenvalue weighted by Gasteiger charge is 2.23. The van der Waals surface area contributed by atoms with Crippen LogP contribution < -0.4 is 21.5 Å². The Morgan fingerprint density at radius 2 is 1.49 bits per heavy atom. The molecule has 0 radical (unpaired) electrons. The number of hydrogen-bond acceptors (Lipinski definition) is 12. The molecule has 0 saturated carbocycles. The van der Waals surface area contributed by atoms with Gasteiger partial charge in [-0.1, -0.05) is 12.2 Å². The molecule has 5 N–H and O–H groups in total. The van der Waals surface area contributed by atoms with Gasteiger partial charge in [0, 0.05) is 68.5 Å². The number of ether oxygens (including phenoxy) is 2. The lowest BCUT2D eigenvalue weighted by Gasteiger charge is -2.24. The van der Waals surface area contributed by atoms with Crippen molar-refractivity contribution in [2.24, 2.45) is 11.5 Å². The molecule has 20 nitrogen and oxygen atoms in total. The number of nitrogens with two attached hydrogens (primary N) is 2. The average molecular weight is 887 g/mol. The Hall–Kier alpha value is -7.64. The number of aryl methyl sites for hydroxylation is 4. The quantitative estimate of drug-likeness (QED) is 0.0727. The molecule has 0 bridgehead atoms. The van der Waals surface area contributed by atoms with Gasteiger partial charge in [-0.15, -0.1) is 0 Å². The number of benzene rings is 1. The summed E-state index contributed by atoms with van der Waals surface area (Å²) in [5, 5.41) is 13.3. The van der Waals surface area contributed by atoms with E-state index in [0.717, 1.165) is 11.4 Å². The van der Waals surface area contributed by atoms with Crippen LogP contribution in [0.2, 0.25) is 0 Å². The number of nitrogens with zero attached hydrogens (tertiary/aromatic N) is 11. The first-order valence-corrected chi connectivity index (χ1v) is 21.4. The Kier molecular flexibility index (Phi) is 13.0. The van der Waals surface area contributed by atoms with Crippen LogP contribution >= 0.6 is 0 Å². The molecule has 7 aromatic rings. The number of primary amides is 2. The average Bonchev–Trinajstić information content (AvgIpc) is 4.01. The Morgan fingerprint density at radius 1 is 0.800 bits per heavy atom. The second-order valence-electron chi connectivity index (χ2n) is 16.6. The lowest BCUT2D eigenvalue weighted by atomic mass is 10.1. The molecule has 4 amide bonds. The van der Waals surface area contributed by atoms with Crippen molar-refractivity contribution in [2.45, 2.75) is 93.1 Å². The van der Waals surface area contributed by atoms with Gasteiger partial charge in [0.1, 0.15) is 33.9 Å². The molecule has 65 heavy (non-hydrogen) atoms. The third-order valence-corrected chi connectivity index (χ3v) is 10.5. The first-order chi connectivity index (χ1) is 31.0. The summed E-state index contributed by atoms with van der Waals surface area (Å²) < 4.78 is 19.1. The van der Waals surface area contributed by atoms with Crippen LogP contribution in [-0.2, 0) is 30.9 Å². The van der Waals surface area contributed by atoms with Crippen LogP contribution in [0.5, 0.6) is 5.75 Å². The van der Waals surface area contributed by atoms with E-state index in [1.165, 1.54) is 17.2 Å². The van der Waals surface area contributed by atoms with Crippen molar-refractivity contribution >= 4 is 62.9 Å². The number of fused-ring (bicyclic) bond motifs is 4. The molecule has 6 aromatic heterocycles. The van der Waals surface area contributed by atoms with Gasteiger partial charge in [0.05, 0.1) is 29.1 Å². The summed E-state index contributed by atoms with van der Waals surface area (Å²) in [6, 6.07) is 8.51. The molecule has 0 aliphatic carbocycles. The lowest BCUT2D eigenvalue weighted by Crippen LogP contribution is -2.34. The van der Waals surface area contributed by atoms with Crippen LogP contribution in [0.4, 0.5) is 10.7 Å². The number of rotatable bonds is 17. The molecule has 7 rings (SSSR count). The van der Waals surface area contributed by atoms with Crippen LogP contribution in [0.1, 0.15) is 90.1 Å². The third kappa shape index (κ3) is 9.80. The zero-order chi connectivity index (χ0) is 46.7. The van der Waals surface area contributed by atoms with E-state index >= 15 is 0 Å². The maximum atomic E-state index is 13.6. The maximum Gasteiger partial charge on any atom is 0.410 e. The number of nitrogens with one attached hydrogen (secondary N) is 1.